The van der Waals surface area contributed by atoms with Crippen molar-refractivity contribution >= 4 is 21.6 Å². The number of fused-ring (bicyclic) bond motifs is 1. The fourth-order valence-corrected chi connectivity index (χ4v) is 4.07. The molecule has 0 spiro atoms. The Kier molecular flexibility index (Phi) is 4.96. The molecule has 26 heavy (non-hydrogen) atoms. The average Bonchev–Trinajstić information content (AvgIpc) is 3.07. The highest BCUT2D eigenvalue weighted by Crippen LogP contribution is 2.24. The van der Waals surface area contributed by atoms with E-state index in [4.69, 9.17) is 4.74 Å². The van der Waals surface area contributed by atoms with Crippen LogP contribution >= 0.6 is 0 Å². The number of ketones is 1. The summed E-state index contributed by atoms with van der Waals surface area (Å²) in [5, 5.41) is 0. The summed E-state index contributed by atoms with van der Waals surface area (Å²) in [5.41, 5.74) is 2.86. The molecule has 0 heterocycles. The van der Waals surface area contributed by atoms with Crippen LogP contribution in [0.25, 0.3) is 0 Å². The van der Waals surface area contributed by atoms with Gasteiger partial charge in [-0.05, 0) is 55.5 Å². The summed E-state index contributed by atoms with van der Waals surface area (Å²) < 4.78 is 28.9. The summed E-state index contributed by atoms with van der Waals surface area (Å²) in [5.74, 6) is -1.13. The third-order valence-electron chi connectivity index (χ3n) is 4.54. The Balaban J connectivity index is 1.79. The first-order chi connectivity index (χ1) is 12.3. The van der Waals surface area contributed by atoms with E-state index in [1.165, 1.54) is 30.7 Å². The van der Waals surface area contributed by atoms with Gasteiger partial charge in [-0.1, -0.05) is 24.3 Å². The van der Waals surface area contributed by atoms with Crippen LogP contribution < -0.4 is 0 Å². The standard InChI is InChI=1S/C20H20O5S/c1-13(19(21)16-11-10-14-6-5-7-15(14)12-16)25-20(22)17-8-3-4-9-18(17)26(2,23)24/h3-4,8-13H,5-7H2,1-2H3/t13-/m0/s1. The topological polar surface area (TPSA) is 77.5 Å². The van der Waals surface area contributed by atoms with E-state index >= 15 is 0 Å². The Hall–Kier alpha value is -2.47. The number of sulfone groups is 1. The second kappa shape index (κ2) is 7.03. The van der Waals surface area contributed by atoms with Crippen LogP contribution in [0.5, 0.6) is 0 Å². The smallest absolute Gasteiger partial charge is 0.340 e. The van der Waals surface area contributed by atoms with Gasteiger partial charge in [0.2, 0.25) is 5.78 Å². The van der Waals surface area contributed by atoms with Crippen LogP contribution in [0.15, 0.2) is 47.4 Å². The molecule has 0 radical (unpaired) electrons. The van der Waals surface area contributed by atoms with Crippen molar-refractivity contribution in [2.24, 2.45) is 0 Å². The fourth-order valence-electron chi connectivity index (χ4n) is 3.20. The van der Waals surface area contributed by atoms with Crippen LogP contribution in [0.4, 0.5) is 0 Å². The Morgan fingerprint density at radius 3 is 2.46 bits per heavy atom. The van der Waals surface area contributed by atoms with E-state index in [1.807, 2.05) is 12.1 Å². The van der Waals surface area contributed by atoms with Crippen molar-refractivity contribution in [3.63, 3.8) is 0 Å². The lowest BCUT2D eigenvalue weighted by molar-refractivity contribution is 0.0315. The number of aryl methyl sites for hydroxylation is 2. The van der Waals surface area contributed by atoms with Gasteiger partial charge in [0.1, 0.15) is 0 Å². The number of ether oxygens (including phenoxy) is 1. The first-order valence-corrected chi connectivity index (χ1v) is 10.3. The number of hydrogen-bond donors (Lipinski definition) is 0. The van der Waals surface area contributed by atoms with Crippen molar-refractivity contribution in [2.75, 3.05) is 6.26 Å². The molecule has 0 N–H and O–H groups in total. The molecule has 0 fully saturated rings. The predicted octanol–water partition coefficient (Wildman–Crippen LogP) is 3.01. The molecule has 0 bridgehead atoms. The number of Topliss-reactive ketones (excluding diaryl/α,β-unsaturated/α-hetero) is 1. The minimum atomic E-state index is -3.58. The summed E-state index contributed by atoms with van der Waals surface area (Å²) >= 11 is 0. The molecule has 1 aliphatic rings. The van der Waals surface area contributed by atoms with E-state index < -0.39 is 21.9 Å². The summed E-state index contributed by atoms with van der Waals surface area (Å²) in [6, 6.07) is 11.4. The summed E-state index contributed by atoms with van der Waals surface area (Å²) in [6.45, 7) is 1.50. The Morgan fingerprint density at radius 1 is 1.04 bits per heavy atom. The Labute approximate surface area is 152 Å². The molecule has 1 atom stereocenters. The minimum Gasteiger partial charge on any atom is -0.451 e. The molecule has 0 aliphatic heterocycles. The molecule has 0 amide bonds. The van der Waals surface area contributed by atoms with Gasteiger partial charge in [-0.3, -0.25) is 4.79 Å². The van der Waals surface area contributed by atoms with Crippen LogP contribution in [0.1, 0.15) is 45.2 Å². The van der Waals surface area contributed by atoms with Crippen molar-refractivity contribution < 1.29 is 22.7 Å². The molecule has 0 aromatic heterocycles. The zero-order valence-corrected chi connectivity index (χ0v) is 15.5. The molecule has 2 aromatic carbocycles. The minimum absolute atomic E-state index is 0.0661. The van der Waals surface area contributed by atoms with Crippen molar-refractivity contribution in [1.82, 2.24) is 0 Å². The fraction of sp³-hybridized carbons (Fsp3) is 0.300. The number of carbonyl (C=O) groups is 2. The number of benzene rings is 2. The molecule has 6 heteroatoms. The molecular weight excluding hydrogens is 352 g/mol. The van der Waals surface area contributed by atoms with Crippen molar-refractivity contribution in [2.45, 2.75) is 37.2 Å². The van der Waals surface area contributed by atoms with E-state index in [9.17, 15) is 18.0 Å². The highest BCUT2D eigenvalue weighted by atomic mass is 32.2. The lowest BCUT2D eigenvalue weighted by atomic mass is 10.0. The highest BCUT2D eigenvalue weighted by molar-refractivity contribution is 7.90. The first-order valence-electron chi connectivity index (χ1n) is 8.43. The van der Waals surface area contributed by atoms with Crippen molar-refractivity contribution in [3.05, 3.63) is 64.7 Å². The summed E-state index contributed by atoms with van der Waals surface area (Å²) in [4.78, 5) is 24.9. The Bertz CT molecular complexity index is 975. The summed E-state index contributed by atoms with van der Waals surface area (Å²) in [7, 11) is -3.58. The highest BCUT2D eigenvalue weighted by Gasteiger charge is 2.25. The van der Waals surface area contributed by atoms with Crippen LogP contribution in [0, 0.1) is 0 Å². The first kappa shape index (κ1) is 18.3. The third kappa shape index (κ3) is 3.70. The maximum Gasteiger partial charge on any atom is 0.340 e. The van der Waals surface area contributed by atoms with Crippen LogP contribution in [-0.4, -0.2) is 32.5 Å². The summed E-state index contributed by atoms with van der Waals surface area (Å²) in [6.07, 6.45) is 3.08. The van der Waals surface area contributed by atoms with E-state index in [1.54, 1.807) is 12.1 Å². The van der Waals surface area contributed by atoms with Crippen LogP contribution in [-0.2, 0) is 27.4 Å². The molecule has 2 aromatic rings. The van der Waals surface area contributed by atoms with Gasteiger partial charge in [0.15, 0.2) is 15.9 Å². The third-order valence-corrected chi connectivity index (χ3v) is 5.70. The second-order valence-electron chi connectivity index (χ2n) is 6.52. The maximum atomic E-state index is 12.6. The van der Waals surface area contributed by atoms with E-state index in [0.717, 1.165) is 31.1 Å². The zero-order chi connectivity index (χ0) is 18.9. The van der Waals surface area contributed by atoms with Gasteiger partial charge in [-0.25, -0.2) is 13.2 Å². The molecule has 136 valence electrons. The maximum absolute atomic E-state index is 12.6. The van der Waals surface area contributed by atoms with Gasteiger partial charge in [0.25, 0.3) is 0 Å². The lowest BCUT2D eigenvalue weighted by Gasteiger charge is -2.14. The van der Waals surface area contributed by atoms with Gasteiger partial charge in [0, 0.05) is 11.8 Å². The normalized spacial score (nSPS) is 14.5. The molecule has 1 aliphatic carbocycles. The van der Waals surface area contributed by atoms with Gasteiger partial charge >= 0.3 is 5.97 Å². The van der Waals surface area contributed by atoms with Crippen LogP contribution in [0.3, 0.4) is 0 Å². The Morgan fingerprint density at radius 2 is 1.73 bits per heavy atom. The van der Waals surface area contributed by atoms with Crippen molar-refractivity contribution in [3.8, 4) is 0 Å². The van der Waals surface area contributed by atoms with E-state index in [-0.39, 0.29) is 16.2 Å². The lowest BCUT2D eigenvalue weighted by Crippen LogP contribution is -2.25. The SMILES string of the molecule is C[C@H](OC(=O)c1ccccc1S(C)(=O)=O)C(=O)c1ccc2c(c1)CCC2. The van der Waals surface area contributed by atoms with Gasteiger partial charge in [-0.2, -0.15) is 0 Å². The number of rotatable bonds is 5. The number of hydrogen-bond acceptors (Lipinski definition) is 5. The quantitative estimate of drug-likeness (QED) is 0.596. The van der Waals surface area contributed by atoms with Crippen LogP contribution in [0.2, 0.25) is 0 Å². The molecular formula is C20H20O5S. The van der Waals surface area contributed by atoms with Gasteiger partial charge in [-0.15, -0.1) is 0 Å². The van der Waals surface area contributed by atoms with Gasteiger partial charge < -0.3 is 4.74 Å². The van der Waals surface area contributed by atoms with Crippen molar-refractivity contribution in [1.29, 1.82) is 0 Å². The van der Waals surface area contributed by atoms with E-state index in [2.05, 4.69) is 0 Å². The monoisotopic (exact) mass is 372 g/mol. The predicted molar refractivity (Wildman–Crippen MR) is 97.2 cm³/mol. The molecule has 0 saturated heterocycles. The molecule has 3 rings (SSSR count). The number of esters is 1. The molecule has 0 unspecified atom stereocenters. The largest absolute Gasteiger partial charge is 0.451 e. The van der Waals surface area contributed by atoms with Gasteiger partial charge in [0.05, 0.1) is 10.5 Å². The van der Waals surface area contributed by atoms with E-state index in [0.29, 0.717) is 5.56 Å². The molecule has 5 nitrogen and oxygen atoms in total. The molecule has 0 saturated carbocycles. The second-order valence-corrected chi connectivity index (χ2v) is 8.50. The average molecular weight is 372 g/mol. The zero-order valence-electron chi connectivity index (χ0n) is 14.7. The number of carbonyl (C=O) groups excluding carboxylic acids is 2.